The Hall–Kier alpha value is -2.52. The van der Waals surface area contributed by atoms with Gasteiger partial charge >= 0.3 is 7.37 Å². The fourth-order valence-electron chi connectivity index (χ4n) is 2.17. The van der Waals surface area contributed by atoms with Crippen LogP contribution in [0.3, 0.4) is 0 Å². The van der Waals surface area contributed by atoms with Crippen LogP contribution in [0.5, 0.6) is 5.75 Å². The lowest BCUT2D eigenvalue weighted by molar-refractivity contribution is 0.501. The van der Waals surface area contributed by atoms with Crippen molar-refractivity contribution in [2.75, 3.05) is 0 Å². The Labute approximate surface area is 137 Å². The zero-order chi connectivity index (χ0) is 17.2. The number of hydrogen-bond acceptors (Lipinski definition) is 2. The molecule has 0 unspecified atom stereocenters. The maximum atomic E-state index is 13.5. The summed E-state index contributed by atoms with van der Waals surface area (Å²) >= 11 is 0. The predicted molar refractivity (Wildman–Crippen MR) is 86.7 cm³/mol. The first-order valence-corrected chi connectivity index (χ1v) is 8.67. The van der Waals surface area contributed by atoms with Gasteiger partial charge in [-0.1, -0.05) is 0 Å². The van der Waals surface area contributed by atoms with E-state index in [1.54, 1.807) is 0 Å². The Kier molecular flexibility index (Phi) is 4.45. The summed E-state index contributed by atoms with van der Waals surface area (Å²) in [5.41, 5.74) is 0. The highest BCUT2D eigenvalue weighted by molar-refractivity contribution is 7.74. The van der Waals surface area contributed by atoms with Gasteiger partial charge in [0.2, 0.25) is 0 Å². The van der Waals surface area contributed by atoms with E-state index >= 15 is 0 Å². The van der Waals surface area contributed by atoms with Crippen LogP contribution in [0.4, 0.5) is 13.2 Å². The summed E-state index contributed by atoms with van der Waals surface area (Å²) in [6.07, 6.45) is 0. The van der Waals surface area contributed by atoms with E-state index in [0.29, 0.717) is 0 Å². The first kappa shape index (κ1) is 16.3. The Balaban J connectivity index is 2.09. The molecule has 0 saturated heterocycles. The van der Waals surface area contributed by atoms with Crippen molar-refractivity contribution < 1.29 is 22.3 Å². The van der Waals surface area contributed by atoms with Crippen LogP contribution in [0.2, 0.25) is 0 Å². The molecular weight excluding hydrogens is 336 g/mol. The topological polar surface area (TPSA) is 26.3 Å². The minimum Gasteiger partial charge on any atom is -0.437 e. The summed E-state index contributed by atoms with van der Waals surface area (Å²) in [4.78, 5) is 0. The van der Waals surface area contributed by atoms with Crippen molar-refractivity contribution in [3.05, 3.63) is 90.2 Å². The number of rotatable bonds is 4. The van der Waals surface area contributed by atoms with Crippen LogP contribution in [0.1, 0.15) is 0 Å². The first-order chi connectivity index (χ1) is 11.5. The predicted octanol–water partition coefficient (Wildman–Crippen LogP) is 4.41. The first-order valence-electron chi connectivity index (χ1n) is 7.05. The van der Waals surface area contributed by atoms with Gasteiger partial charge in [-0.15, -0.1) is 0 Å². The van der Waals surface area contributed by atoms with Gasteiger partial charge in [-0.25, -0.2) is 13.2 Å². The highest BCUT2D eigenvalue weighted by atomic mass is 31.2. The third-order valence-electron chi connectivity index (χ3n) is 3.38. The maximum absolute atomic E-state index is 13.5. The molecule has 0 radical (unpaired) electrons. The second kappa shape index (κ2) is 6.54. The minimum atomic E-state index is -3.66. The monoisotopic (exact) mass is 348 g/mol. The molecule has 24 heavy (non-hydrogen) atoms. The van der Waals surface area contributed by atoms with Gasteiger partial charge in [0.15, 0.2) is 0 Å². The van der Waals surface area contributed by atoms with Crippen molar-refractivity contribution >= 4 is 18.0 Å². The lowest BCUT2D eigenvalue weighted by atomic mass is 10.3. The molecule has 0 spiro atoms. The molecule has 122 valence electrons. The lowest BCUT2D eigenvalue weighted by Gasteiger charge is -2.20. The molecule has 6 heteroatoms. The molecule has 0 atom stereocenters. The third-order valence-corrected chi connectivity index (χ3v) is 5.80. The fourth-order valence-corrected chi connectivity index (χ4v) is 4.18. The van der Waals surface area contributed by atoms with Crippen LogP contribution in [0, 0.1) is 17.5 Å². The molecule has 0 saturated carbocycles. The van der Waals surface area contributed by atoms with Gasteiger partial charge in [-0.2, -0.15) is 0 Å². The van der Waals surface area contributed by atoms with Crippen LogP contribution in [-0.2, 0) is 4.57 Å². The van der Waals surface area contributed by atoms with Gasteiger partial charge in [0, 0.05) is 0 Å². The molecule has 3 aromatic carbocycles. The molecule has 0 bridgehead atoms. The molecule has 0 fully saturated rings. The SMILES string of the molecule is O=P(Oc1ccc(F)cc1)(c1ccc(F)cc1)c1ccc(F)cc1. The van der Waals surface area contributed by atoms with Crippen LogP contribution < -0.4 is 15.1 Å². The largest absolute Gasteiger partial charge is 0.437 e. The van der Waals surface area contributed by atoms with E-state index < -0.39 is 24.8 Å². The van der Waals surface area contributed by atoms with E-state index in [2.05, 4.69) is 0 Å². The van der Waals surface area contributed by atoms with Gasteiger partial charge in [0.25, 0.3) is 0 Å². The molecular formula is C18H12F3O2P. The van der Waals surface area contributed by atoms with Crippen molar-refractivity contribution in [2.24, 2.45) is 0 Å². The average Bonchev–Trinajstić information content (AvgIpc) is 2.58. The molecule has 0 N–H and O–H groups in total. The summed E-state index contributed by atoms with van der Waals surface area (Å²) in [6, 6.07) is 15.1. The van der Waals surface area contributed by atoms with Gasteiger partial charge in [0.1, 0.15) is 23.2 Å². The molecule has 0 aliphatic rings. The second-order valence-electron chi connectivity index (χ2n) is 5.05. The summed E-state index contributed by atoms with van der Waals surface area (Å²) < 4.78 is 58.6. The van der Waals surface area contributed by atoms with E-state index in [-0.39, 0.29) is 16.4 Å². The van der Waals surface area contributed by atoms with Gasteiger partial charge in [-0.05, 0) is 72.8 Å². The summed E-state index contributed by atoms with van der Waals surface area (Å²) in [5.74, 6) is -1.23. The quantitative estimate of drug-likeness (QED) is 0.653. The Bertz CT molecular complexity index is 826. The standard InChI is InChI=1S/C18H12F3O2P/c19-13-1-7-16(8-2-13)23-24(22,17-9-3-14(20)4-10-17)18-11-5-15(21)6-12-18/h1-12H. The van der Waals surface area contributed by atoms with Crippen LogP contribution >= 0.6 is 7.37 Å². The molecule has 0 amide bonds. The molecule has 0 aliphatic carbocycles. The minimum absolute atomic E-state index is 0.188. The molecule has 0 heterocycles. The number of benzene rings is 3. The second-order valence-corrected chi connectivity index (χ2v) is 7.37. The van der Waals surface area contributed by atoms with Gasteiger partial charge < -0.3 is 4.52 Å². The molecule has 0 aromatic heterocycles. The van der Waals surface area contributed by atoms with Crippen molar-refractivity contribution in [3.8, 4) is 5.75 Å². The normalized spacial score (nSPS) is 11.3. The summed E-state index contributed by atoms with van der Waals surface area (Å²) in [7, 11) is -3.66. The van der Waals surface area contributed by atoms with E-state index in [9.17, 15) is 17.7 Å². The van der Waals surface area contributed by atoms with E-state index in [0.717, 1.165) is 0 Å². The Morgan fingerprint density at radius 3 is 1.29 bits per heavy atom. The summed E-state index contributed by atoms with van der Waals surface area (Å²) in [5, 5.41) is 0.500. The summed E-state index contributed by atoms with van der Waals surface area (Å²) in [6.45, 7) is 0. The molecule has 3 rings (SSSR count). The van der Waals surface area contributed by atoms with Crippen LogP contribution in [-0.4, -0.2) is 0 Å². The van der Waals surface area contributed by atoms with Crippen molar-refractivity contribution in [3.63, 3.8) is 0 Å². The van der Waals surface area contributed by atoms with E-state index in [4.69, 9.17) is 4.52 Å². The van der Waals surface area contributed by atoms with Crippen LogP contribution in [0.15, 0.2) is 72.8 Å². The zero-order valence-electron chi connectivity index (χ0n) is 12.3. The Morgan fingerprint density at radius 1 is 0.583 bits per heavy atom. The van der Waals surface area contributed by atoms with Crippen molar-refractivity contribution in [2.45, 2.75) is 0 Å². The zero-order valence-corrected chi connectivity index (χ0v) is 13.2. The van der Waals surface area contributed by atoms with Crippen molar-refractivity contribution in [1.29, 1.82) is 0 Å². The average molecular weight is 348 g/mol. The highest BCUT2D eigenvalue weighted by Crippen LogP contribution is 2.45. The van der Waals surface area contributed by atoms with Crippen LogP contribution in [0.25, 0.3) is 0 Å². The van der Waals surface area contributed by atoms with E-state index in [1.807, 2.05) is 0 Å². The fraction of sp³-hybridized carbons (Fsp3) is 0. The van der Waals surface area contributed by atoms with Gasteiger partial charge in [-0.3, -0.25) is 4.57 Å². The molecule has 3 aromatic rings. The third kappa shape index (κ3) is 3.36. The van der Waals surface area contributed by atoms with Gasteiger partial charge in [0.05, 0.1) is 10.6 Å². The molecule has 0 aliphatic heterocycles. The van der Waals surface area contributed by atoms with Crippen molar-refractivity contribution in [1.82, 2.24) is 0 Å². The Morgan fingerprint density at radius 2 is 0.917 bits per heavy atom. The number of hydrogen-bond donors (Lipinski definition) is 0. The smallest absolute Gasteiger partial charge is 0.306 e. The lowest BCUT2D eigenvalue weighted by Crippen LogP contribution is -2.20. The van der Waals surface area contributed by atoms with E-state index in [1.165, 1.54) is 72.8 Å². The highest BCUT2D eigenvalue weighted by Gasteiger charge is 2.30. The number of halogens is 3. The molecule has 2 nitrogen and oxygen atoms in total. The maximum Gasteiger partial charge on any atom is 0.306 e.